The molecule has 0 aliphatic heterocycles. The summed E-state index contributed by atoms with van der Waals surface area (Å²) in [5, 5.41) is 7.30. The molecule has 0 saturated carbocycles. The van der Waals surface area contributed by atoms with Crippen LogP contribution in [0, 0.1) is 6.92 Å². The molecule has 31 heavy (non-hydrogen) atoms. The molecule has 156 valence electrons. The van der Waals surface area contributed by atoms with Gasteiger partial charge in [0.1, 0.15) is 17.5 Å². The first-order valence-corrected chi connectivity index (χ1v) is 10.1. The van der Waals surface area contributed by atoms with Gasteiger partial charge in [0.15, 0.2) is 5.76 Å². The Morgan fingerprint density at radius 1 is 1.03 bits per heavy atom. The number of benzene rings is 2. The lowest BCUT2D eigenvalue weighted by Gasteiger charge is -2.15. The van der Waals surface area contributed by atoms with Crippen LogP contribution in [0.1, 0.15) is 24.3 Å². The molecule has 0 aliphatic rings. The van der Waals surface area contributed by atoms with Crippen molar-refractivity contribution in [2.45, 2.75) is 20.0 Å². The van der Waals surface area contributed by atoms with Gasteiger partial charge in [0, 0.05) is 28.5 Å². The van der Waals surface area contributed by atoms with Crippen LogP contribution >= 0.6 is 11.6 Å². The molecule has 0 radical (unpaired) electrons. The molecule has 1 amide bonds. The quantitative estimate of drug-likeness (QED) is 0.380. The van der Waals surface area contributed by atoms with E-state index in [-0.39, 0.29) is 0 Å². The average molecular weight is 434 g/mol. The highest BCUT2D eigenvalue weighted by Crippen LogP contribution is 2.33. The molecule has 0 aliphatic carbocycles. The zero-order valence-corrected chi connectivity index (χ0v) is 17.8. The Morgan fingerprint density at radius 3 is 2.48 bits per heavy atom. The lowest BCUT2D eigenvalue weighted by molar-refractivity contribution is 0.121. The van der Waals surface area contributed by atoms with Gasteiger partial charge in [0.25, 0.3) is 0 Å². The molecular formula is C24H20ClN3O3. The van der Waals surface area contributed by atoms with Gasteiger partial charge in [-0.3, -0.25) is 10.3 Å². The third-order valence-corrected chi connectivity index (χ3v) is 5.20. The van der Waals surface area contributed by atoms with Crippen molar-refractivity contribution in [3.8, 4) is 22.5 Å². The SMILES string of the molecule is Cc1noc(-c2ccc(-c3cccnc3)cc2)c1NC(=O)OC(C)c1ccccc1Cl. The number of halogens is 1. The average Bonchev–Trinajstić information content (AvgIpc) is 3.14. The Kier molecular flexibility index (Phi) is 6.00. The van der Waals surface area contributed by atoms with E-state index in [4.69, 9.17) is 20.9 Å². The van der Waals surface area contributed by atoms with Crippen LogP contribution in [0.2, 0.25) is 5.02 Å². The fraction of sp³-hybridized carbons (Fsp3) is 0.125. The summed E-state index contributed by atoms with van der Waals surface area (Å²) in [6.07, 6.45) is 2.40. The number of rotatable bonds is 5. The van der Waals surface area contributed by atoms with Gasteiger partial charge < -0.3 is 9.26 Å². The van der Waals surface area contributed by atoms with E-state index in [0.717, 1.165) is 22.3 Å². The van der Waals surface area contributed by atoms with Gasteiger partial charge in [0.05, 0.1) is 0 Å². The van der Waals surface area contributed by atoms with Crippen molar-refractivity contribution in [2.24, 2.45) is 0 Å². The molecule has 0 saturated heterocycles. The zero-order valence-electron chi connectivity index (χ0n) is 17.0. The van der Waals surface area contributed by atoms with Crippen molar-refractivity contribution in [3.63, 3.8) is 0 Å². The number of aryl methyl sites for hydroxylation is 1. The predicted molar refractivity (Wildman–Crippen MR) is 120 cm³/mol. The number of carbonyl (C=O) groups is 1. The molecule has 7 heteroatoms. The zero-order chi connectivity index (χ0) is 21.8. The maximum atomic E-state index is 12.5. The molecule has 1 unspecified atom stereocenters. The number of nitrogens with zero attached hydrogens (tertiary/aromatic N) is 2. The van der Waals surface area contributed by atoms with Crippen molar-refractivity contribution < 1.29 is 14.1 Å². The summed E-state index contributed by atoms with van der Waals surface area (Å²) < 4.78 is 11.0. The molecule has 4 rings (SSSR count). The summed E-state index contributed by atoms with van der Waals surface area (Å²) in [6.45, 7) is 3.52. The molecule has 0 bridgehead atoms. The van der Waals surface area contributed by atoms with Crippen molar-refractivity contribution >= 4 is 23.4 Å². The second kappa shape index (κ2) is 9.02. The predicted octanol–water partition coefficient (Wildman–Crippen LogP) is 6.68. The number of carbonyl (C=O) groups excluding carboxylic acids is 1. The summed E-state index contributed by atoms with van der Waals surface area (Å²) >= 11 is 6.19. The third-order valence-electron chi connectivity index (χ3n) is 4.86. The lowest BCUT2D eigenvalue weighted by Crippen LogP contribution is -2.17. The van der Waals surface area contributed by atoms with Crippen LogP contribution in [0.4, 0.5) is 10.5 Å². The summed E-state index contributed by atoms with van der Waals surface area (Å²) in [4.78, 5) is 16.7. The van der Waals surface area contributed by atoms with E-state index in [1.54, 1.807) is 32.3 Å². The first-order chi connectivity index (χ1) is 15.0. The van der Waals surface area contributed by atoms with Gasteiger partial charge in [-0.05, 0) is 37.1 Å². The summed E-state index contributed by atoms with van der Waals surface area (Å²) in [5.41, 5.74) is 4.56. The fourth-order valence-corrected chi connectivity index (χ4v) is 3.51. The molecule has 1 N–H and O–H groups in total. The van der Waals surface area contributed by atoms with E-state index in [0.29, 0.717) is 22.2 Å². The number of amides is 1. The van der Waals surface area contributed by atoms with Gasteiger partial charge in [-0.25, -0.2) is 4.79 Å². The van der Waals surface area contributed by atoms with Crippen LogP contribution in [0.5, 0.6) is 0 Å². The molecule has 0 fully saturated rings. The molecule has 4 aromatic rings. The number of aromatic nitrogens is 2. The van der Waals surface area contributed by atoms with E-state index in [1.807, 2.05) is 54.6 Å². The van der Waals surface area contributed by atoms with Gasteiger partial charge in [-0.15, -0.1) is 0 Å². The van der Waals surface area contributed by atoms with Crippen LogP contribution in [-0.4, -0.2) is 16.2 Å². The van der Waals surface area contributed by atoms with Crippen LogP contribution in [-0.2, 0) is 4.74 Å². The number of anilines is 1. The van der Waals surface area contributed by atoms with E-state index in [9.17, 15) is 4.79 Å². The fourth-order valence-electron chi connectivity index (χ4n) is 3.22. The highest BCUT2D eigenvalue weighted by molar-refractivity contribution is 6.31. The maximum absolute atomic E-state index is 12.5. The van der Waals surface area contributed by atoms with Crippen molar-refractivity contribution in [2.75, 3.05) is 5.32 Å². The van der Waals surface area contributed by atoms with Crippen LogP contribution in [0.3, 0.4) is 0 Å². The molecule has 2 aromatic carbocycles. The lowest BCUT2D eigenvalue weighted by atomic mass is 10.0. The van der Waals surface area contributed by atoms with Crippen LogP contribution in [0.25, 0.3) is 22.5 Å². The highest BCUT2D eigenvalue weighted by Gasteiger charge is 2.20. The van der Waals surface area contributed by atoms with E-state index in [1.165, 1.54) is 0 Å². The number of pyridine rings is 1. The van der Waals surface area contributed by atoms with Gasteiger partial charge in [-0.1, -0.05) is 65.3 Å². The Bertz CT molecular complexity index is 1190. The number of hydrogen-bond donors (Lipinski definition) is 1. The van der Waals surface area contributed by atoms with Crippen molar-refractivity contribution in [3.05, 3.63) is 89.3 Å². The van der Waals surface area contributed by atoms with Crippen molar-refractivity contribution in [1.29, 1.82) is 0 Å². The first kappa shape index (κ1) is 20.6. The molecular weight excluding hydrogens is 414 g/mol. The van der Waals surface area contributed by atoms with Gasteiger partial charge in [0.2, 0.25) is 0 Å². The Morgan fingerprint density at radius 2 is 1.77 bits per heavy atom. The third kappa shape index (κ3) is 4.59. The largest absolute Gasteiger partial charge is 0.441 e. The van der Waals surface area contributed by atoms with E-state index in [2.05, 4.69) is 15.5 Å². The Hall–Kier alpha value is -3.64. The normalized spacial score (nSPS) is 11.7. The van der Waals surface area contributed by atoms with Gasteiger partial charge >= 0.3 is 6.09 Å². The number of ether oxygens (including phenoxy) is 1. The number of nitrogens with one attached hydrogen (secondary N) is 1. The Balaban J connectivity index is 1.51. The summed E-state index contributed by atoms with van der Waals surface area (Å²) in [7, 11) is 0. The smallest absolute Gasteiger partial charge is 0.412 e. The summed E-state index contributed by atoms with van der Waals surface area (Å²) in [6, 6.07) is 18.9. The number of hydrogen-bond acceptors (Lipinski definition) is 5. The summed E-state index contributed by atoms with van der Waals surface area (Å²) in [5.74, 6) is 0.456. The topological polar surface area (TPSA) is 77.3 Å². The van der Waals surface area contributed by atoms with E-state index < -0.39 is 12.2 Å². The molecule has 6 nitrogen and oxygen atoms in total. The van der Waals surface area contributed by atoms with Crippen molar-refractivity contribution in [1.82, 2.24) is 10.1 Å². The maximum Gasteiger partial charge on any atom is 0.412 e. The standard InChI is InChI=1S/C24H20ClN3O3/c1-15-22(27-24(29)30-16(2)20-7-3-4-8-21(20)25)23(31-28-15)18-11-9-17(10-12-18)19-6-5-13-26-14-19/h3-14,16H,1-2H3,(H,27,29). The second-order valence-electron chi connectivity index (χ2n) is 6.99. The highest BCUT2D eigenvalue weighted by atomic mass is 35.5. The molecule has 1 atom stereocenters. The van der Waals surface area contributed by atoms with Crippen LogP contribution < -0.4 is 5.32 Å². The van der Waals surface area contributed by atoms with E-state index >= 15 is 0 Å². The minimum atomic E-state index is -0.619. The molecule has 2 heterocycles. The minimum Gasteiger partial charge on any atom is -0.441 e. The molecule has 0 spiro atoms. The van der Waals surface area contributed by atoms with Crippen LogP contribution in [0.15, 0.2) is 77.6 Å². The minimum absolute atomic E-state index is 0.456. The Labute approximate surface area is 184 Å². The van der Waals surface area contributed by atoms with Gasteiger partial charge in [-0.2, -0.15) is 0 Å². The second-order valence-corrected chi connectivity index (χ2v) is 7.39. The first-order valence-electron chi connectivity index (χ1n) is 9.72. The molecule has 2 aromatic heterocycles. The monoisotopic (exact) mass is 433 g/mol.